The smallest absolute Gasteiger partial charge is 0.248 e. The molecule has 3 rings (SSSR count). The summed E-state index contributed by atoms with van der Waals surface area (Å²) in [4.78, 5) is 11.2. The lowest BCUT2D eigenvalue weighted by Gasteiger charge is -2.24. The van der Waals surface area contributed by atoms with Gasteiger partial charge in [0.1, 0.15) is 0 Å². The average Bonchev–Trinajstić information content (AvgIpc) is 2.93. The molecule has 2 aliphatic carbocycles. The van der Waals surface area contributed by atoms with E-state index in [1.807, 2.05) is 0 Å². The Morgan fingerprint density at radius 1 is 1.33 bits per heavy atom. The van der Waals surface area contributed by atoms with E-state index in [4.69, 9.17) is 17.3 Å². The number of hydrogen-bond acceptors (Lipinski definition) is 2. The molecule has 1 amide bonds. The average molecular weight is 265 g/mol. The minimum absolute atomic E-state index is 0.414. The van der Waals surface area contributed by atoms with Gasteiger partial charge in [0.2, 0.25) is 5.91 Å². The number of carbonyl (C=O) groups excluding carboxylic acids is 1. The van der Waals surface area contributed by atoms with Crippen LogP contribution < -0.4 is 11.1 Å². The SMILES string of the molecule is NC(=O)c1ccc(Cl)c(NC2CC3CCC2C3)c1. The Morgan fingerprint density at radius 2 is 2.17 bits per heavy atom. The van der Waals surface area contributed by atoms with Gasteiger partial charge in [-0.3, -0.25) is 4.79 Å². The Balaban J connectivity index is 1.79. The molecule has 4 heteroatoms. The molecule has 3 N–H and O–H groups in total. The third kappa shape index (κ3) is 2.07. The van der Waals surface area contributed by atoms with Gasteiger partial charge in [0.05, 0.1) is 10.7 Å². The number of hydrogen-bond donors (Lipinski definition) is 2. The summed E-state index contributed by atoms with van der Waals surface area (Å²) in [5.74, 6) is 1.23. The molecular weight excluding hydrogens is 248 g/mol. The van der Waals surface area contributed by atoms with E-state index in [-0.39, 0.29) is 0 Å². The topological polar surface area (TPSA) is 55.1 Å². The van der Waals surface area contributed by atoms with Crippen LogP contribution in [-0.2, 0) is 0 Å². The zero-order valence-corrected chi connectivity index (χ0v) is 10.9. The van der Waals surface area contributed by atoms with Crippen LogP contribution in [0.2, 0.25) is 5.02 Å². The second-order valence-corrected chi connectivity index (χ2v) is 5.89. The zero-order chi connectivity index (χ0) is 12.7. The molecule has 3 atom stereocenters. The summed E-state index contributed by atoms with van der Waals surface area (Å²) in [5.41, 5.74) is 6.63. The highest BCUT2D eigenvalue weighted by molar-refractivity contribution is 6.33. The third-order valence-corrected chi connectivity index (χ3v) is 4.66. The maximum Gasteiger partial charge on any atom is 0.248 e. The standard InChI is InChI=1S/C14H17ClN2O/c15-11-4-3-10(14(16)18)7-13(11)17-12-6-8-1-2-9(12)5-8/h3-4,7-9,12,17H,1-2,5-6H2,(H2,16,18). The molecule has 0 radical (unpaired) electrons. The summed E-state index contributed by atoms with van der Waals surface area (Å²) < 4.78 is 0. The molecule has 0 aliphatic heterocycles. The molecule has 96 valence electrons. The molecule has 0 spiro atoms. The van der Waals surface area contributed by atoms with Gasteiger partial charge in [-0.1, -0.05) is 18.0 Å². The molecule has 1 aromatic carbocycles. The van der Waals surface area contributed by atoms with E-state index in [0.29, 0.717) is 16.6 Å². The van der Waals surface area contributed by atoms with E-state index in [1.165, 1.54) is 25.7 Å². The lowest BCUT2D eigenvalue weighted by molar-refractivity contribution is 0.100. The van der Waals surface area contributed by atoms with Gasteiger partial charge >= 0.3 is 0 Å². The normalized spacial score (nSPS) is 29.5. The van der Waals surface area contributed by atoms with Gasteiger partial charge < -0.3 is 11.1 Å². The minimum atomic E-state index is -0.414. The van der Waals surface area contributed by atoms with E-state index in [9.17, 15) is 4.79 Å². The molecule has 2 saturated carbocycles. The molecule has 2 fully saturated rings. The Bertz CT molecular complexity index is 489. The molecule has 2 aliphatic rings. The molecule has 3 unspecified atom stereocenters. The predicted octanol–water partition coefficient (Wildman–Crippen LogP) is 3.04. The number of primary amides is 1. The van der Waals surface area contributed by atoms with Gasteiger partial charge in [-0.25, -0.2) is 0 Å². The van der Waals surface area contributed by atoms with Crippen molar-refractivity contribution in [1.29, 1.82) is 0 Å². The van der Waals surface area contributed by atoms with Crippen LogP contribution in [0.1, 0.15) is 36.0 Å². The number of rotatable bonds is 3. The Morgan fingerprint density at radius 3 is 2.78 bits per heavy atom. The lowest BCUT2D eigenvalue weighted by Crippen LogP contribution is -2.26. The number of anilines is 1. The summed E-state index contributed by atoms with van der Waals surface area (Å²) in [6.07, 6.45) is 5.25. The monoisotopic (exact) mass is 264 g/mol. The summed E-state index contributed by atoms with van der Waals surface area (Å²) >= 11 is 6.17. The maximum atomic E-state index is 11.2. The highest BCUT2D eigenvalue weighted by Gasteiger charge is 2.39. The van der Waals surface area contributed by atoms with Gasteiger partial charge in [-0.15, -0.1) is 0 Å². The van der Waals surface area contributed by atoms with E-state index < -0.39 is 5.91 Å². The fourth-order valence-corrected chi connectivity index (χ4v) is 3.58. The van der Waals surface area contributed by atoms with Gasteiger partial charge in [0.25, 0.3) is 0 Å². The van der Waals surface area contributed by atoms with Crippen molar-refractivity contribution in [1.82, 2.24) is 0 Å². The van der Waals surface area contributed by atoms with Crippen molar-refractivity contribution in [2.45, 2.75) is 31.7 Å². The number of nitrogens with one attached hydrogen (secondary N) is 1. The van der Waals surface area contributed by atoms with E-state index in [0.717, 1.165) is 17.5 Å². The van der Waals surface area contributed by atoms with Crippen LogP contribution in [0.25, 0.3) is 0 Å². The van der Waals surface area contributed by atoms with Gasteiger partial charge in [0, 0.05) is 11.6 Å². The first-order chi connectivity index (χ1) is 8.63. The van der Waals surface area contributed by atoms with Crippen molar-refractivity contribution in [3.8, 4) is 0 Å². The Hall–Kier alpha value is -1.22. The van der Waals surface area contributed by atoms with Gasteiger partial charge in [-0.05, 0) is 49.3 Å². The molecule has 2 bridgehead atoms. The highest BCUT2D eigenvalue weighted by atomic mass is 35.5. The number of fused-ring (bicyclic) bond motifs is 2. The number of amides is 1. The second-order valence-electron chi connectivity index (χ2n) is 5.48. The van der Waals surface area contributed by atoms with Crippen LogP contribution in [0, 0.1) is 11.8 Å². The van der Waals surface area contributed by atoms with Gasteiger partial charge in [0.15, 0.2) is 0 Å². The summed E-state index contributed by atoms with van der Waals surface area (Å²) in [7, 11) is 0. The van der Waals surface area contributed by atoms with E-state index in [1.54, 1.807) is 18.2 Å². The van der Waals surface area contributed by atoms with E-state index >= 15 is 0 Å². The summed E-state index contributed by atoms with van der Waals surface area (Å²) in [6.45, 7) is 0. The molecular formula is C14H17ClN2O. The fourth-order valence-electron chi connectivity index (χ4n) is 3.41. The summed E-state index contributed by atoms with van der Waals surface area (Å²) in [6, 6.07) is 5.66. The zero-order valence-electron chi connectivity index (χ0n) is 10.2. The van der Waals surface area contributed by atoms with Crippen molar-refractivity contribution in [2.24, 2.45) is 17.6 Å². The number of benzene rings is 1. The van der Waals surface area contributed by atoms with Crippen molar-refractivity contribution in [3.63, 3.8) is 0 Å². The van der Waals surface area contributed by atoms with Crippen LogP contribution in [0.15, 0.2) is 18.2 Å². The minimum Gasteiger partial charge on any atom is -0.381 e. The van der Waals surface area contributed by atoms with Crippen LogP contribution in [0.5, 0.6) is 0 Å². The van der Waals surface area contributed by atoms with Crippen molar-refractivity contribution >= 4 is 23.2 Å². The second kappa shape index (κ2) is 4.47. The number of carbonyl (C=O) groups is 1. The molecule has 1 aromatic rings. The lowest BCUT2D eigenvalue weighted by atomic mass is 9.95. The van der Waals surface area contributed by atoms with Crippen molar-refractivity contribution in [3.05, 3.63) is 28.8 Å². The Labute approximate surface area is 112 Å². The van der Waals surface area contributed by atoms with Crippen LogP contribution in [0.4, 0.5) is 5.69 Å². The predicted molar refractivity (Wildman–Crippen MR) is 72.8 cm³/mol. The van der Waals surface area contributed by atoms with Crippen LogP contribution >= 0.6 is 11.6 Å². The molecule has 0 heterocycles. The first kappa shape index (κ1) is 11.8. The van der Waals surface area contributed by atoms with Gasteiger partial charge in [-0.2, -0.15) is 0 Å². The fraction of sp³-hybridized carbons (Fsp3) is 0.500. The summed E-state index contributed by atoms with van der Waals surface area (Å²) in [5, 5.41) is 4.15. The molecule has 0 saturated heterocycles. The molecule has 18 heavy (non-hydrogen) atoms. The molecule has 3 nitrogen and oxygen atoms in total. The molecule has 0 aromatic heterocycles. The Kier molecular flexibility index (Phi) is 2.94. The number of nitrogens with two attached hydrogens (primary N) is 1. The van der Waals surface area contributed by atoms with Crippen molar-refractivity contribution < 1.29 is 4.79 Å². The third-order valence-electron chi connectivity index (χ3n) is 4.33. The quantitative estimate of drug-likeness (QED) is 0.882. The maximum absolute atomic E-state index is 11.2. The number of halogens is 1. The largest absolute Gasteiger partial charge is 0.381 e. The van der Waals surface area contributed by atoms with Crippen LogP contribution in [0.3, 0.4) is 0 Å². The van der Waals surface area contributed by atoms with E-state index in [2.05, 4.69) is 5.32 Å². The van der Waals surface area contributed by atoms with Crippen LogP contribution in [-0.4, -0.2) is 11.9 Å². The highest BCUT2D eigenvalue weighted by Crippen LogP contribution is 2.46. The first-order valence-corrected chi connectivity index (χ1v) is 6.87. The van der Waals surface area contributed by atoms with Crippen molar-refractivity contribution in [2.75, 3.05) is 5.32 Å². The first-order valence-electron chi connectivity index (χ1n) is 6.49.